The zero-order valence-corrected chi connectivity index (χ0v) is 12.3. The lowest BCUT2D eigenvalue weighted by atomic mass is 10.2. The van der Waals surface area contributed by atoms with Gasteiger partial charge in [0.25, 0.3) is 5.91 Å². The van der Waals surface area contributed by atoms with Crippen molar-refractivity contribution in [1.82, 2.24) is 15.0 Å². The maximum Gasteiger partial charge on any atom is 0.263 e. The maximum atomic E-state index is 12.0. The van der Waals surface area contributed by atoms with Gasteiger partial charge in [0.1, 0.15) is 9.71 Å². The number of nitrogens with zero attached hydrogens (tertiary/aromatic N) is 1. The van der Waals surface area contributed by atoms with Gasteiger partial charge in [0, 0.05) is 18.1 Å². The van der Waals surface area contributed by atoms with Crippen LogP contribution in [0.4, 0.5) is 5.69 Å². The summed E-state index contributed by atoms with van der Waals surface area (Å²) in [5.41, 5.74) is 6.27. The molecule has 0 aliphatic heterocycles. The van der Waals surface area contributed by atoms with Crippen molar-refractivity contribution in [3.63, 3.8) is 0 Å². The molecular weight excluding hydrogens is 300 g/mol. The summed E-state index contributed by atoms with van der Waals surface area (Å²) in [6.45, 7) is 0.0170. The number of rotatable bonds is 5. The number of sulfonamides is 1. The van der Waals surface area contributed by atoms with Crippen molar-refractivity contribution < 1.29 is 13.2 Å². The maximum absolute atomic E-state index is 12.0. The Morgan fingerprint density at radius 1 is 1.50 bits per heavy atom. The smallest absolute Gasteiger partial charge is 0.263 e. The summed E-state index contributed by atoms with van der Waals surface area (Å²) in [5, 5.41) is 3.26. The molecule has 0 spiro atoms. The second-order valence-electron chi connectivity index (χ2n) is 3.98. The van der Waals surface area contributed by atoms with E-state index in [2.05, 4.69) is 15.0 Å². The van der Waals surface area contributed by atoms with Gasteiger partial charge in [-0.05, 0) is 19.2 Å². The number of nitrogen functional groups attached to an aromatic ring is 1. The van der Waals surface area contributed by atoms with E-state index in [1.54, 1.807) is 18.3 Å². The number of thiophene rings is 1. The highest BCUT2D eigenvalue weighted by Crippen LogP contribution is 2.31. The quantitative estimate of drug-likeness (QED) is 0.727. The lowest BCUT2D eigenvalue weighted by Gasteiger charge is -2.04. The Kier molecular flexibility index (Phi) is 4.21. The largest absolute Gasteiger partial charge is 0.397 e. The van der Waals surface area contributed by atoms with E-state index in [1.165, 1.54) is 18.4 Å². The molecule has 20 heavy (non-hydrogen) atoms. The number of carbonyl (C=O) groups excluding carboxylic acids is 1. The van der Waals surface area contributed by atoms with Crippen molar-refractivity contribution in [2.45, 2.75) is 0 Å². The van der Waals surface area contributed by atoms with Crippen LogP contribution in [0.2, 0.25) is 0 Å². The minimum absolute atomic E-state index is 0.0170. The molecular formula is C11H14N4O3S2. The van der Waals surface area contributed by atoms with Crippen LogP contribution in [0.1, 0.15) is 9.67 Å². The Balaban J connectivity index is 2.10. The van der Waals surface area contributed by atoms with Gasteiger partial charge in [0.2, 0.25) is 10.0 Å². The van der Waals surface area contributed by atoms with Gasteiger partial charge < -0.3 is 11.1 Å². The molecule has 7 nitrogen and oxygen atoms in total. The van der Waals surface area contributed by atoms with E-state index < -0.39 is 15.9 Å². The van der Waals surface area contributed by atoms with Crippen LogP contribution >= 0.6 is 11.3 Å². The number of amides is 1. The van der Waals surface area contributed by atoms with Crippen molar-refractivity contribution in [2.24, 2.45) is 0 Å². The molecule has 2 heterocycles. The van der Waals surface area contributed by atoms with Gasteiger partial charge in [-0.15, -0.1) is 11.3 Å². The van der Waals surface area contributed by atoms with Crippen LogP contribution in [0, 0.1) is 0 Å². The number of pyridine rings is 1. The first-order valence-corrected chi connectivity index (χ1v) is 8.24. The molecule has 108 valence electrons. The number of hydrogen-bond donors (Lipinski definition) is 3. The van der Waals surface area contributed by atoms with Crippen LogP contribution in [0.3, 0.4) is 0 Å². The van der Waals surface area contributed by atoms with E-state index in [-0.39, 0.29) is 12.3 Å². The van der Waals surface area contributed by atoms with Crippen LogP contribution in [0.5, 0.6) is 0 Å². The summed E-state index contributed by atoms with van der Waals surface area (Å²) < 4.78 is 24.6. The van der Waals surface area contributed by atoms with Gasteiger partial charge in [-0.1, -0.05) is 0 Å². The monoisotopic (exact) mass is 314 g/mol. The zero-order chi connectivity index (χ0) is 14.8. The molecule has 0 aromatic carbocycles. The fraction of sp³-hybridized carbons (Fsp3) is 0.273. The first-order valence-electron chi connectivity index (χ1n) is 5.77. The second-order valence-corrected chi connectivity index (χ2v) is 7.02. The predicted molar refractivity (Wildman–Crippen MR) is 79.2 cm³/mol. The first kappa shape index (κ1) is 14.7. The average molecular weight is 314 g/mol. The standard InChI is InChI=1S/C11H14N4O3S2/c1-13-20(17,18)6-5-14-10(16)9-8(12)7-3-2-4-15-11(7)19-9/h2-4,13H,5-6,12H2,1H3,(H,14,16). The zero-order valence-electron chi connectivity index (χ0n) is 10.7. The molecule has 0 saturated carbocycles. The summed E-state index contributed by atoms with van der Waals surface area (Å²) >= 11 is 1.18. The highest BCUT2D eigenvalue weighted by atomic mass is 32.2. The average Bonchev–Trinajstić information content (AvgIpc) is 2.76. The number of fused-ring (bicyclic) bond motifs is 1. The predicted octanol–water partition coefficient (Wildman–Crippen LogP) is 0.157. The molecule has 4 N–H and O–H groups in total. The number of anilines is 1. The van der Waals surface area contributed by atoms with Crippen LogP contribution in [0.25, 0.3) is 10.2 Å². The van der Waals surface area contributed by atoms with Crippen molar-refractivity contribution in [3.05, 3.63) is 23.2 Å². The van der Waals surface area contributed by atoms with E-state index in [1.807, 2.05) is 0 Å². The molecule has 0 aliphatic rings. The van der Waals surface area contributed by atoms with E-state index in [0.717, 1.165) is 5.39 Å². The highest BCUT2D eigenvalue weighted by molar-refractivity contribution is 7.89. The van der Waals surface area contributed by atoms with Crippen LogP contribution in [-0.4, -0.2) is 38.7 Å². The third-order valence-electron chi connectivity index (χ3n) is 2.68. The van der Waals surface area contributed by atoms with E-state index in [0.29, 0.717) is 15.4 Å². The minimum Gasteiger partial charge on any atom is -0.397 e. The Bertz CT molecular complexity index is 739. The Morgan fingerprint density at radius 2 is 2.25 bits per heavy atom. The van der Waals surface area contributed by atoms with Gasteiger partial charge >= 0.3 is 0 Å². The molecule has 0 aliphatic carbocycles. The molecule has 0 saturated heterocycles. The molecule has 9 heteroatoms. The van der Waals surface area contributed by atoms with Gasteiger partial charge in [-0.2, -0.15) is 0 Å². The van der Waals surface area contributed by atoms with E-state index >= 15 is 0 Å². The number of aromatic nitrogens is 1. The fourth-order valence-electron chi connectivity index (χ4n) is 1.60. The van der Waals surface area contributed by atoms with Crippen LogP contribution in [-0.2, 0) is 10.0 Å². The second kappa shape index (κ2) is 5.73. The summed E-state index contributed by atoms with van der Waals surface area (Å²) in [7, 11) is -2.01. The summed E-state index contributed by atoms with van der Waals surface area (Å²) in [6.07, 6.45) is 1.62. The van der Waals surface area contributed by atoms with Gasteiger partial charge in [0.15, 0.2) is 0 Å². The number of carbonyl (C=O) groups is 1. The normalized spacial score (nSPS) is 11.7. The molecule has 0 radical (unpaired) electrons. The SMILES string of the molecule is CNS(=O)(=O)CCNC(=O)c1sc2ncccc2c1N. The van der Waals surface area contributed by atoms with Crippen LogP contribution < -0.4 is 15.8 Å². The molecule has 2 aromatic rings. The molecule has 2 rings (SSSR count). The fourth-order valence-corrected chi connectivity index (χ4v) is 3.16. The summed E-state index contributed by atoms with van der Waals surface area (Å²) in [6, 6.07) is 3.53. The number of nitrogens with one attached hydrogen (secondary N) is 2. The van der Waals surface area contributed by atoms with Crippen molar-refractivity contribution >= 4 is 43.2 Å². The summed E-state index contributed by atoms with van der Waals surface area (Å²) in [5.74, 6) is -0.574. The molecule has 0 fully saturated rings. The van der Waals surface area contributed by atoms with Crippen molar-refractivity contribution in [2.75, 3.05) is 25.1 Å². The molecule has 0 unspecified atom stereocenters. The van der Waals surface area contributed by atoms with Gasteiger partial charge in [-0.25, -0.2) is 18.1 Å². The van der Waals surface area contributed by atoms with Crippen LogP contribution in [0.15, 0.2) is 18.3 Å². The first-order chi connectivity index (χ1) is 9.44. The van der Waals surface area contributed by atoms with E-state index in [9.17, 15) is 13.2 Å². The minimum atomic E-state index is -3.34. The van der Waals surface area contributed by atoms with Gasteiger partial charge in [0.05, 0.1) is 11.4 Å². The third-order valence-corrected chi connectivity index (χ3v) is 5.17. The Morgan fingerprint density at radius 3 is 2.90 bits per heavy atom. The molecule has 2 aromatic heterocycles. The summed E-state index contributed by atoms with van der Waals surface area (Å²) in [4.78, 5) is 17.1. The lowest BCUT2D eigenvalue weighted by molar-refractivity contribution is 0.0961. The molecule has 0 bridgehead atoms. The van der Waals surface area contributed by atoms with Crippen molar-refractivity contribution in [3.8, 4) is 0 Å². The number of hydrogen-bond acceptors (Lipinski definition) is 6. The number of nitrogens with two attached hydrogens (primary N) is 1. The van der Waals surface area contributed by atoms with Crippen molar-refractivity contribution in [1.29, 1.82) is 0 Å². The highest BCUT2D eigenvalue weighted by Gasteiger charge is 2.17. The van der Waals surface area contributed by atoms with Gasteiger partial charge in [-0.3, -0.25) is 4.79 Å². The molecule has 0 atom stereocenters. The molecule has 1 amide bonds. The third kappa shape index (κ3) is 3.06. The van der Waals surface area contributed by atoms with E-state index in [4.69, 9.17) is 5.73 Å². The topological polar surface area (TPSA) is 114 Å². The lowest BCUT2D eigenvalue weighted by Crippen LogP contribution is -2.32. The Hall–Kier alpha value is -1.71. The Labute approximate surface area is 120 Å².